The van der Waals surface area contributed by atoms with E-state index in [1.165, 1.54) is 6.07 Å². The predicted octanol–water partition coefficient (Wildman–Crippen LogP) is 5.39. The molecule has 0 aliphatic carbocycles. The average molecular weight is 605 g/mol. The third kappa shape index (κ3) is 4.71. The number of nitrogens with one attached hydrogen (secondary N) is 1. The van der Waals surface area contributed by atoms with Crippen LogP contribution in [0.4, 0.5) is 10.1 Å². The Morgan fingerprint density at radius 2 is 1.96 bits per heavy atom. The summed E-state index contributed by atoms with van der Waals surface area (Å²) < 4.78 is 24.6. The maximum atomic E-state index is 16.3. The summed E-state index contributed by atoms with van der Waals surface area (Å²) >= 11 is 0. The number of aromatic nitrogens is 3. The number of hydrogen-bond donors (Lipinski definition) is 1. The number of hydrogen-bond acceptors (Lipinski definition) is 7. The number of carbonyl (C=O) groups is 1. The van der Waals surface area contributed by atoms with Crippen LogP contribution in [0, 0.1) is 5.82 Å². The Morgan fingerprint density at radius 3 is 2.73 bits per heavy atom. The zero-order valence-corrected chi connectivity index (χ0v) is 25.0. The Morgan fingerprint density at radius 1 is 1.11 bits per heavy atom. The van der Waals surface area contributed by atoms with Crippen LogP contribution in [0.15, 0.2) is 72.0 Å². The van der Waals surface area contributed by atoms with Gasteiger partial charge >= 0.3 is 0 Å². The van der Waals surface area contributed by atoms with E-state index in [1.807, 2.05) is 45.9 Å². The van der Waals surface area contributed by atoms with Gasteiger partial charge in [-0.15, -0.1) is 0 Å². The quantitative estimate of drug-likeness (QED) is 0.273. The third-order valence-electron chi connectivity index (χ3n) is 9.60. The number of halogens is 1. The molecule has 2 atom stereocenters. The number of carbonyl (C=O) groups excluding carboxylic acids is 1. The molecule has 2 fully saturated rings. The summed E-state index contributed by atoms with van der Waals surface area (Å²) in [5.74, 6) is -0.149. The Kier molecular flexibility index (Phi) is 6.74. The molecule has 0 saturated carbocycles. The SMILES string of the molecule is CC1CCCN1CCNC(=O)c1cn2c3c(c(N4CCC(c5cnccn5)C4)c(F)cc3c1=O)Oc1cc3ccccc3cc1-2. The zero-order chi connectivity index (χ0) is 30.7. The van der Waals surface area contributed by atoms with Crippen LogP contribution in [0.5, 0.6) is 11.5 Å². The van der Waals surface area contributed by atoms with Crippen molar-refractivity contribution < 1.29 is 13.9 Å². The molecule has 2 aromatic heterocycles. The summed E-state index contributed by atoms with van der Waals surface area (Å²) in [5.41, 5.74) is 1.75. The molecule has 5 heterocycles. The van der Waals surface area contributed by atoms with Gasteiger partial charge in [-0.05, 0) is 61.7 Å². The van der Waals surface area contributed by atoms with Crippen LogP contribution in [0.1, 0.15) is 48.2 Å². The number of likely N-dealkylation sites (tertiary alicyclic amines) is 1. The van der Waals surface area contributed by atoms with Crippen molar-refractivity contribution in [1.29, 1.82) is 0 Å². The fraction of sp³-hybridized carbons (Fsp3) is 0.314. The number of amides is 1. The molecule has 3 aromatic carbocycles. The number of pyridine rings is 1. The topological polar surface area (TPSA) is 92.6 Å². The first-order chi connectivity index (χ1) is 22.0. The van der Waals surface area contributed by atoms with Gasteiger partial charge < -0.3 is 19.5 Å². The van der Waals surface area contributed by atoms with E-state index in [9.17, 15) is 9.59 Å². The standard InChI is InChI=1S/C35H33FN6O3/c1-21-5-4-12-40(21)14-11-39-35(44)26-20-42-29-15-22-6-2-3-7-23(22)16-30(29)45-34-31(42)25(33(26)43)17-27(36)32(34)41-13-8-24(19-41)28-18-37-9-10-38-28/h2-3,6-7,9-10,15-18,20-21,24H,4-5,8,11-14,19H2,1H3,(H,39,44). The van der Waals surface area contributed by atoms with Crippen molar-refractivity contribution in [3.05, 3.63) is 94.5 Å². The maximum absolute atomic E-state index is 16.3. The van der Waals surface area contributed by atoms with Crippen LogP contribution in [-0.2, 0) is 0 Å². The molecule has 8 rings (SSSR count). The van der Waals surface area contributed by atoms with Gasteiger partial charge in [0.1, 0.15) is 16.8 Å². The number of ether oxygens (including phenoxy) is 1. The molecule has 9 nitrogen and oxygen atoms in total. The van der Waals surface area contributed by atoms with Crippen molar-refractivity contribution >= 4 is 33.3 Å². The number of benzene rings is 3. The van der Waals surface area contributed by atoms with Gasteiger partial charge in [-0.3, -0.25) is 24.5 Å². The molecule has 3 aliphatic rings. The second kappa shape index (κ2) is 11.0. The molecule has 0 spiro atoms. The van der Waals surface area contributed by atoms with Crippen molar-refractivity contribution in [2.45, 2.75) is 38.1 Å². The zero-order valence-electron chi connectivity index (χ0n) is 25.0. The van der Waals surface area contributed by atoms with E-state index in [0.29, 0.717) is 54.9 Å². The van der Waals surface area contributed by atoms with Gasteiger partial charge in [0.2, 0.25) is 5.43 Å². The minimum atomic E-state index is -0.564. The summed E-state index contributed by atoms with van der Waals surface area (Å²) in [4.78, 5) is 40.4. The van der Waals surface area contributed by atoms with E-state index < -0.39 is 17.2 Å². The molecule has 5 aromatic rings. The Bertz CT molecular complexity index is 2030. The lowest BCUT2D eigenvalue weighted by Gasteiger charge is -2.29. The maximum Gasteiger partial charge on any atom is 0.256 e. The monoisotopic (exact) mass is 604 g/mol. The average Bonchev–Trinajstić information content (AvgIpc) is 3.71. The van der Waals surface area contributed by atoms with Crippen LogP contribution >= 0.6 is 0 Å². The van der Waals surface area contributed by atoms with E-state index in [4.69, 9.17) is 4.74 Å². The van der Waals surface area contributed by atoms with E-state index in [0.717, 1.165) is 42.3 Å². The molecule has 1 N–H and O–H groups in total. The molecular weight excluding hydrogens is 571 g/mol. The van der Waals surface area contributed by atoms with Gasteiger partial charge in [-0.1, -0.05) is 24.3 Å². The summed E-state index contributed by atoms with van der Waals surface area (Å²) in [7, 11) is 0. The molecule has 3 aliphatic heterocycles. The fourth-order valence-electron chi connectivity index (χ4n) is 7.21. The van der Waals surface area contributed by atoms with E-state index >= 15 is 4.39 Å². The molecule has 2 unspecified atom stereocenters. The number of anilines is 1. The van der Waals surface area contributed by atoms with Crippen LogP contribution in [0.25, 0.3) is 27.4 Å². The summed E-state index contributed by atoms with van der Waals surface area (Å²) in [6.45, 7) is 5.45. The highest BCUT2D eigenvalue weighted by molar-refractivity contribution is 6.02. The molecule has 45 heavy (non-hydrogen) atoms. The van der Waals surface area contributed by atoms with Gasteiger partial charge in [-0.25, -0.2) is 4.39 Å². The lowest BCUT2D eigenvalue weighted by atomic mass is 10.0. The normalized spacial score (nSPS) is 19.2. The number of nitrogens with zero attached hydrogens (tertiary/aromatic N) is 5. The summed E-state index contributed by atoms with van der Waals surface area (Å²) in [6, 6.07) is 13.6. The summed E-state index contributed by atoms with van der Waals surface area (Å²) in [6.07, 6.45) is 9.72. The fourth-order valence-corrected chi connectivity index (χ4v) is 7.21. The largest absolute Gasteiger partial charge is 0.451 e. The molecule has 228 valence electrons. The van der Waals surface area contributed by atoms with Crippen LogP contribution < -0.4 is 20.4 Å². The predicted molar refractivity (Wildman–Crippen MR) is 171 cm³/mol. The van der Waals surface area contributed by atoms with E-state index in [1.54, 1.807) is 24.8 Å². The highest BCUT2D eigenvalue weighted by Crippen LogP contribution is 2.48. The highest BCUT2D eigenvalue weighted by atomic mass is 19.1. The van der Waals surface area contributed by atoms with E-state index in [-0.39, 0.29) is 22.6 Å². The lowest BCUT2D eigenvalue weighted by Crippen LogP contribution is -2.38. The van der Waals surface area contributed by atoms with Crippen LogP contribution in [0.3, 0.4) is 0 Å². The highest BCUT2D eigenvalue weighted by Gasteiger charge is 2.34. The van der Waals surface area contributed by atoms with Crippen molar-refractivity contribution in [3.8, 4) is 17.2 Å². The Balaban J connectivity index is 1.24. The number of rotatable bonds is 6. The summed E-state index contributed by atoms with van der Waals surface area (Å²) in [5, 5.41) is 5.00. The second-order valence-electron chi connectivity index (χ2n) is 12.3. The first-order valence-corrected chi connectivity index (χ1v) is 15.6. The molecule has 1 amide bonds. The molecule has 10 heteroatoms. The van der Waals surface area contributed by atoms with Gasteiger partial charge in [0.15, 0.2) is 17.3 Å². The lowest BCUT2D eigenvalue weighted by molar-refractivity contribution is 0.0946. The van der Waals surface area contributed by atoms with Crippen LogP contribution in [-0.4, -0.2) is 64.1 Å². The number of fused-ring (bicyclic) bond motifs is 3. The molecular formula is C35H33FN6O3. The first-order valence-electron chi connectivity index (χ1n) is 15.6. The Labute approximate surface area is 259 Å². The minimum absolute atomic E-state index is 0.0278. The molecule has 2 saturated heterocycles. The van der Waals surface area contributed by atoms with Gasteiger partial charge in [0, 0.05) is 62.9 Å². The van der Waals surface area contributed by atoms with Crippen molar-refractivity contribution in [1.82, 2.24) is 24.8 Å². The first kappa shape index (κ1) is 27.7. The van der Waals surface area contributed by atoms with Gasteiger partial charge in [-0.2, -0.15) is 0 Å². The van der Waals surface area contributed by atoms with Crippen molar-refractivity contribution in [3.63, 3.8) is 0 Å². The van der Waals surface area contributed by atoms with Crippen molar-refractivity contribution in [2.24, 2.45) is 0 Å². The Hall–Kier alpha value is -4.83. The second-order valence-corrected chi connectivity index (χ2v) is 12.3. The van der Waals surface area contributed by atoms with Gasteiger partial charge in [0.05, 0.1) is 16.8 Å². The van der Waals surface area contributed by atoms with E-state index in [2.05, 4.69) is 27.1 Å². The third-order valence-corrected chi connectivity index (χ3v) is 9.60. The molecule has 0 radical (unpaired) electrons. The van der Waals surface area contributed by atoms with Gasteiger partial charge in [0.25, 0.3) is 5.91 Å². The van der Waals surface area contributed by atoms with Crippen LogP contribution in [0.2, 0.25) is 0 Å². The smallest absolute Gasteiger partial charge is 0.256 e. The van der Waals surface area contributed by atoms with Crippen molar-refractivity contribution in [2.75, 3.05) is 37.6 Å². The minimum Gasteiger partial charge on any atom is -0.451 e. The molecule has 0 bridgehead atoms.